The van der Waals surface area contributed by atoms with Crippen LogP contribution in [0.15, 0.2) is 50.7 Å². The quantitative estimate of drug-likeness (QED) is 0.644. The molecule has 1 aliphatic rings. The number of benzene rings is 2. The fraction of sp³-hybridized carbons (Fsp3) is 0.133. The number of nitrogens with one attached hydrogen (secondary N) is 1. The Kier molecular flexibility index (Phi) is 4.07. The number of ether oxygens (including phenoxy) is 2. The zero-order valence-electron chi connectivity index (χ0n) is 11.1. The van der Waals surface area contributed by atoms with Gasteiger partial charge in [-0.2, -0.15) is 0 Å². The van der Waals surface area contributed by atoms with Crippen LogP contribution < -0.4 is 15.2 Å². The van der Waals surface area contributed by atoms with Crippen molar-refractivity contribution in [1.29, 1.82) is 5.41 Å². The zero-order chi connectivity index (χ0) is 14.8. The van der Waals surface area contributed by atoms with Gasteiger partial charge >= 0.3 is 0 Å². The fourth-order valence-corrected chi connectivity index (χ4v) is 3.56. The molecule has 21 heavy (non-hydrogen) atoms. The summed E-state index contributed by atoms with van der Waals surface area (Å²) in [4.78, 5) is 1.94. The highest BCUT2D eigenvalue weighted by atomic mass is 79.9. The Balaban J connectivity index is 1.93. The molecule has 0 aliphatic carbocycles. The Morgan fingerprint density at radius 3 is 2.62 bits per heavy atom. The second-order valence-electron chi connectivity index (χ2n) is 4.46. The molecule has 1 aliphatic heterocycles. The number of fused-ring (bicyclic) bond motifs is 1. The van der Waals surface area contributed by atoms with Crippen LogP contribution in [-0.4, -0.2) is 19.0 Å². The average molecular weight is 365 g/mol. The third-order valence-electron chi connectivity index (χ3n) is 2.98. The summed E-state index contributed by atoms with van der Waals surface area (Å²) in [5, 5.41) is 7.67. The topological polar surface area (TPSA) is 68.3 Å². The molecule has 1 heterocycles. The van der Waals surface area contributed by atoms with Crippen LogP contribution >= 0.6 is 27.7 Å². The van der Waals surface area contributed by atoms with Crippen LogP contribution in [0, 0.1) is 5.41 Å². The normalized spacial score (nSPS) is 13.0. The molecule has 0 saturated carbocycles. The largest absolute Gasteiger partial charge is 0.486 e. The summed E-state index contributed by atoms with van der Waals surface area (Å²) in [6, 6.07) is 11.5. The highest BCUT2D eigenvalue weighted by Crippen LogP contribution is 2.38. The highest BCUT2D eigenvalue weighted by molar-refractivity contribution is 9.10. The van der Waals surface area contributed by atoms with Crippen LogP contribution in [0.5, 0.6) is 11.5 Å². The minimum atomic E-state index is 0.0579. The van der Waals surface area contributed by atoms with Gasteiger partial charge in [0.2, 0.25) is 0 Å². The van der Waals surface area contributed by atoms with E-state index in [9.17, 15) is 0 Å². The average Bonchev–Trinajstić information content (AvgIpc) is 2.47. The highest BCUT2D eigenvalue weighted by Gasteiger charge is 2.14. The van der Waals surface area contributed by atoms with Crippen molar-refractivity contribution >= 4 is 33.5 Å². The second kappa shape index (κ2) is 5.99. The van der Waals surface area contributed by atoms with E-state index in [1.165, 1.54) is 0 Å². The number of hydrogen-bond donors (Lipinski definition) is 2. The molecule has 0 unspecified atom stereocenters. The summed E-state index contributed by atoms with van der Waals surface area (Å²) in [5.41, 5.74) is 6.36. The van der Waals surface area contributed by atoms with Gasteiger partial charge in [0.25, 0.3) is 0 Å². The van der Waals surface area contributed by atoms with Crippen molar-refractivity contribution in [3.8, 4) is 11.5 Å². The first-order chi connectivity index (χ1) is 10.1. The van der Waals surface area contributed by atoms with Crippen LogP contribution in [-0.2, 0) is 0 Å². The Morgan fingerprint density at radius 1 is 1.10 bits per heavy atom. The fourth-order valence-electron chi connectivity index (χ4n) is 2.02. The number of rotatable bonds is 3. The molecule has 3 N–H and O–H groups in total. The van der Waals surface area contributed by atoms with Gasteiger partial charge in [0, 0.05) is 19.8 Å². The van der Waals surface area contributed by atoms with Gasteiger partial charge in [-0.3, -0.25) is 5.41 Å². The lowest BCUT2D eigenvalue weighted by Gasteiger charge is -2.19. The maximum atomic E-state index is 7.67. The van der Waals surface area contributed by atoms with Crippen LogP contribution in [0.4, 0.5) is 0 Å². The minimum Gasteiger partial charge on any atom is -0.486 e. The van der Waals surface area contributed by atoms with Crippen molar-refractivity contribution in [2.75, 3.05) is 13.2 Å². The monoisotopic (exact) mass is 364 g/mol. The van der Waals surface area contributed by atoms with Gasteiger partial charge in [0.1, 0.15) is 19.0 Å². The van der Waals surface area contributed by atoms with Gasteiger partial charge in [0.05, 0.1) is 0 Å². The SMILES string of the molecule is N=C(N)c1ccc(Br)cc1Sc1ccc2c(c1)OCCO2. The lowest BCUT2D eigenvalue weighted by atomic mass is 10.2. The van der Waals surface area contributed by atoms with E-state index >= 15 is 0 Å². The predicted molar refractivity (Wildman–Crippen MR) is 86.7 cm³/mol. The van der Waals surface area contributed by atoms with E-state index in [-0.39, 0.29) is 5.84 Å². The van der Waals surface area contributed by atoms with E-state index in [1.54, 1.807) is 11.8 Å². The van der Waals surface area contributed by atoms with Crippen LogP contribution in [0.2, 0.25) is 0 Å². The minimum absolute atomic E-state index is 0.0579. The number of halogens is 1. The molecule has 0 radical (unpaired) electrons. The van der Waals surface area contributed by atoms with E-state index < -0.39 is 0 Å². The number of hydrogen-bond acceptors (Lipinski definition) is 4. The Labute approximate surface area is 135 Å². The summed E-state index contributed by atoms with van der Waals surface area (Å²) in [6.07, 6.45) is 0. The molecule has 6 heteroatoms. The summed E-state index contributed by atoms with van der Waals surface area (Å²) < 4.78 is 12.1. The summed E-state index contributed by atoms with van der Waals surface area (Å²) in [7, 11) is 0. The van der Waals surface area contributed by atoms with Crippen molar-refractivity contribution in [1.82, 2.24) is 0 Å². The molecule has 0 aromatic heterocycles. The molecule has 0 fully saturated rings. The smallest absolute Gasteiger partial charge is 0.162 e. The molecule has 0 bridgehead atoms. The molecule has 108 valence electrons. The van der Waals surface area contributed by atoms with E-state index in [0.717, 1.165) is 31.3 Å². The van der Waals surface area contributed by atoms with Crippen LogP contribution in [0.1, 0.15) is 5.56 Å². The van der Waals surface area contributed by atoms with Crippen molar-refractivity contribution in [3.05, 3.63) is 46.4 Å². The van der Waals surface area contributed by atoms with Crippen LogP contribution in [0.25, 0.3) is 0 Å². The number of nitrogen functional groups attached to an aromatic ring is 1. The lowest BCUT2D eigenvalue weighted by molar-refractivity contribution is 0.171. The molecule has 0 amide bonds. The lowest BCUT2D eigenvalue weighted by Crippen LogP contribution is -2.15. The van der Waals surface area contributed by atoms with Crippen LogP contribution in [0.3, 0.4) is 0 Å². The van der Waals surface area contributed by atoms with E-state index in [4.69, 9.17) is 20.6 Å². The van der Waals surface area contributed by atoms with Gasteiger partial charge in [-0.1, -0.05) is 27.7 Å². The first-order valence-electron chi connectivity index (χ1n) is 6.35. The molecular weight excluding hydrogens is 352 g/mol. The molecule has 0 spiro atoms. The predicted octanol–water partition coefficient (Wildman–Crippen LogP) is 3.66. The Bertz CT molecular complexity index is 706. The van der Waals surface area contributed by atoms with Crippen molar-refractivity contribution < 1.29 is 9.47 Å². The third-order valence-corrected chi connectivity index (χ3v) is 4.52. The molecule has 0 atom stereocenters. The first-order valence-corrected chi connectivity index (χ1v) is 7.96. The van der Waals surface area contributed by atoms with Gasteiger partial charge in [-0.25, -0.2) is 0 Å². The van der Waals surface area contributed by atoms with Gasteiger partial charge < -0.3 is 15.2 Å². The first kappa shape index (κ1) is 14.3. The van der Waals surface area contributed by atoms with Gasteiger partial charge in [-0.15, -0.1) is 0 Å². The van der Waals surface area contributed by atoms with Crippen molar-refractivity contribution in [2.45, 2.75) is 9.79 Å². The molecule has 3 rings (SSSR count). The summed E-state index contributed by atoms with van der Waals surface area (Å²) in [6.45, 7) is 1.15. The molecule has 0 saturated heterocycles. The molecular formula is C15H13BrN2O2S. The number of amidine groups is 1. The van der Waals surface area contributed by atoms with E-state index in [1.807, 2.05) is 36.4 Å². The molecule has 2 aromatic rings. The maximum Gasteiger partial charge on any atom is 0.162 e. The Morgan fingerprint density at radius 2 is 1.86 bits per heavy atom. The van der Waals surface area contributed by atoms with Gasteiger partial charge in [-0.05, 0) is 36.4 Å². The maximum absolute atomic E-state index is 7.67. The standard InChI is InChI=1S/C15H13BrN2O2S/c16-9-1-3-11(15(17)18)14(7-9)21-10-2-4-12-13(8-10)20-6-5-19-12/h1-4,7-8H,5-6H2,(H3,17,18). The second-order valence-corrected chi connectivity index (χ2v) is 6.49. The van der Waals surface area contributed by atoms with Gasteiger partial charge in [0.15, 0.2) is 11.5 Å². The Hall–Kier alpha value is -1.66. The van der Waals surface area contributed by atoms with E-state index in [2.05, 4.69) is 15.9 Å². The molecule has 4 nitrogen and oxygen atoms in total. The van der Waals surface area contributed by atoms with Crippen molar-refractivity contribution in [3.63, 3.8) is 0 Å². The van der Waals surface area contributed by atoms with Crippen molar-refractivity contribution in [2.24, 2.45) is 5.73 Å². The molecule has 2 aromatic carbocycles. The van der Waals surface area contributed by atoms with E-state index in [0.29, 0.717) is 13.2 Å². The summed E-state index contributed by atoms with van der Waals surface area (Å²) >= 11 is 4.99. The third kappa shape index (κ3) is 3.16. The number of nitrogens with two attached hydrogens (primary N) is 1. The zero-order valence-corrected chi connectivity index (χ0v) is 13.5. The summed E-state index contributed by atoms with van der Waals surface area (Å²) in [5.74, 6) is 1.58.